The summed E-state index contributed by atoms with van der Waals surface area (Å²) in [6, 6.07) is 1.65. The number of nitrogens with zero attached hydrogens (tertiary/aromatic N) is 1. The zero-order chi connectivity index (χ0) is 12.4. The second-order valence-electron chi connectivity index (χ2n) is 4.02. The summed E-state index contributed by atoms with van der Waals surface area (Å²) in [5.41, 5.74) is 1.02. The van der Waals surface area contributed by atoms with Crippen molar-refractivity contribution in [1.82, 2.24) is 10.4 Å². The van der Waals surface area contributed by atoms with Gasteiger partial charge in [0.25, 0.3) is 0 Å². The number of carbonyl (C=O) groups excluding carboxylic acids is 1. The van der Waals surface area contributed by atoms with Gasteiger partial charge in [-0.3, -0.25) is 4.84 Å². The second-order valence-corrected chi connectivity index (χ2v) is 4.96. The van der Waals surface area contributed by atoms with E-state index in [0.717, 1.165) is 21.9 Å². The van der Waals surface area contributed by atoms with Crippen LogP contribution in [0.4, 0.5) is 4.79 Å². The number of hydrogen-bond acceptors (Lipinski definition) is 4. The Bertz CT molecular complexity index is 407. The molecule has 0 aromatic carbocycles. The molecule has 2 amide bonds. The molecule has 6 heteroatoms. The Balaban J connectivity index is 2.10. The lowest BCUT2D eigenvalue weighted by molar-refractivity contribution is -0.0658. The highest BCUT2D eigenvalue weighted by Gasteiger charge is 2.28. The van der Waals surface area contributed by atoms with Crippen LogP contribution in [-0.4, -0.2) is 30.4 Å². The van der Waals surface area contributed by atoms with E-state index in [1.54, 1.807) is 7.05 Å². The van der Waals surface area contributed by atoms with Gasteiger partial charge in [-0.05, 0) is 29.9 Å². The summed E-state index contributed by atoms with van der Waals surface area (Å²) in [4.78, 5) is 17.5. The van der Waals surface area contributed by atoms with Crippen LogP contribution >= 0.6 is 11.3 Å². The van der Waals surface area contributed by atoms with Crippen molar-refractivity contribution in [2.24, 2.45) is 0 Å². The number of carbonyl (C=O) groups is 1. The van der Waals surface area contributed by atoms with E-state index < -0.39 is 6.10 Å². The molecule has 5 nitrogen and oxygen atoms in total. The highest BCUT2D eigenvalue weighted by atomic mass is 32.1. The molecular formula is C11H16N2O3S. The summed E-state index contributed by atoms with van der Waals surface area (Å²) in [6.07, 6.45) is 1.03. The molecule has 0 bridgehead atoms. The SMILES string of the molecule is CON(C)C(=O)N[C@@H]1CC[C@@H](O)c2sccc21. The number of urea groups is 1. The fourth-order valence-electron chi connectivity index (χ4n) is 1.97. The van der Waals surface area contributed by atoms with E-state index in [9.17, 15) is 9.90 Å². The van der Waals surface area contributed by atoms with E-state index in [1.165, 1.54) is 18.4 Å². The van der Waals surface area contributed by atoms with Gasteiger partial charge in [0.05, 0.1) is 19.3 Å². The zero-order valence-corrected chi connectivity index (χ0v) is 10.7. The maximum atomic E-state index is 11.7. The van der Waals surface area contributed by atoms with Crippen molar-refractivity contribution in [2.45, 2.75) is 25.0 Å². The molecule has 17 heavy (non-hydrogen) atoms. The Kier molecular flexibility index (Phi) is 3.66. The summed E-state index contributed by atoms with van der Waals surface area (Å²) in [5, 5.41) is 15.8. The topological polar surface area (TPSA) is 61.8 Å². The normalized spacial score (nSPS) is 23.0. The third-order valence-electron chi connectivity index (χ3n) is 2.99. The van der Waals surface area contributed by atoms with Gasteiger partial charge in [0, 0.05) is 11.9 Å². The molecule has 0 saturated heterocycles. The summed E-state index contributed by atoms with van der Waals surface area (Å²) >= 11 is 1.53. The van der Waals surface area contributed by atoms with Crippen LogP contribution < -0.4 is 5.32 Å². The maximum absolute atomic E-state index is 11.7. The van der Waals surface area contributed by atoms with Crippen LogP contribution in [0.5, 0.6) is 0 Å². The van der Waals surface area contributed by atoms with Crippen LogP contribution in [0.3, 0.4) is 0 Å². The van der Waals surface area contributed by atoms with Gasteiger partial charge in [-0.15, -0.1) is 11.3 Å². The summed E-state index contributed by atoms with van der Waals surface area (Å²) in [6.45, 7) is 0. The number of fused-ring (bicyclic) bond motifs is 1. The van der Waals surface area contributed by atoms with Crippen LogP contribution in [0.2, 0.25) is 0 Å². The molecule has 0 radical (unpaired) electrons. The summed E-state index contributed by atoms with van der Waals surface area (Å²) < 4.78 is 0. The second kappa shape index (κ2) is 5.03. The van der Waals surface area contributed by atoms with Gasteiger partial charge in [-0.1, -0.05) is 0 Å². The lowest BCUT2D eigenvalue weighted by Gasteiger charge is -2.28. The first-order valence-corrected chi connectivity index (χ1v) is 6.35. The van der Waals surface area contributed by atoms with E-state index in [-0.39, 0.29) is 12.1 Å². The molecule has 2 atom stereocenters. The van der Waals surface area contributed by atoms with Crippen LogP contribution in [-0.2, 0) is 4.84 Å². The average molecular weight is 256 g/mol. The third-order valence-corrected chi connectivity index (χ3v) is 4.03. The first kappa shape index (κ1) is 12.3. The Morgan fingerprint density at radius 1 is 1.65 bits per heavy atom. The van der Waals surface area contributed by atoms with Crippen molar-refractivity contribution in [3.63, 3.8) is 0 Å². The van der Waals surface area contributed by atoms with Gasteiger partial charge in [0.2, 0.25) is 0 Å². The monoisotopic (exact) mass is 256 g/mol. The number of hydrogen-bond donors (Lipinski definition) is 2. The third kappa shape index (κ3) is 2.43. The van der Waals surface area contributed by atoms with Crippen molar-refractivity contribution in [1.29, 1.82) is 0 Å². The highest BCUT2D eigenvalue weighted by Crippen LogP contribution is 2.39. The van der Waals surface area contributed by atoms with Crippen molar-refractivity contribution >= 4 is 17.4 Å². The van der Waals surface area contributed by atoms with Crippen LogP contribution in [0.25, 0.3) is 0 Å². The lowest BCUT2D eigenvalue weighted by atomic mass is 9.92. The summed E-state index contributed by atoms with van der Waals surface area (Å²) in [7, 11) is 3.00. The lowest BCUT2D eigenvalue weighted by Crippen LogP contribution is -2.39. The Morgan fingerprint density at radius 3 is 3.12 bits per heavy atom. The molecule has 1 heterocycles. The minimum absolute atomic E-state index is 0.0373. The van der Waals surface area contributed by atoms with Gasteiger partial charge >= 0.3 is 6.03 Å². The average Bonchev–Trinajstić information content (AvgIpc) is 2.81. The number of aliphatic hydroxyl groups excluding tert-OH is 1. The quantitative estimate of drug-likeness (QED) is 0.793. The van der Waals surface area contributed by atoms with Crippen molar-refractivity contribution in [3.8, 4) is 0 Å². The number of nitrogens with one attached hydrogen (secondary N) is 1. The first-order valence-electron chi connectivity index (χ1n) is 5.47. The van der Waals surface area contributed by atoms with Gasteiger partial charge in [0.15, 0.2) is 0 Å². The fraction of sp³-hybridized carbons (Fsp3) is 0.545. The predicted molar refractivity (Wildman–Crippen MR) is 64.6 cm³/mol. The van der Waals surface area contributed by atoms with E-state index in [0.29, 0.717) is 6.42 Å². The molecule has 0 aliphatic heterocycles. The van der Waals surface area contributed by atoms with Gasteiger partial charge in [-0.25, -0.2) is 9.86 Å². The van der Waals surface area contributed by atoms with E-state index >= 15 is 0 Å². The molecule has 94 valence electrons. The largest absolute Gasteiger partial charge is 0.388 e. The Hall–Kier alpha value is -1.11. The van der Waals surface area contributed by atoms with Crippen LogP contribution in [0.1, 0.15) is 35.4 Å². The van der Waals surface area contributed by atoms with Gasteiger partial charge in [-0.2, -0.15) is 0 Å². The molecule has 1 aliphatic rings. The molecule has 1 aliphatic carbocycles. The van der Waals surface area contributed by atoms with Crippen molar-refractivity contribution in [2.75, 3.05) is 14.2 Å². The van der Waals surface area contributed by atoms with Crippen molar-refractivity contribution in [3.05, 3.63) is 21.9 Å². The van der Waals surface area contributed by atoms with Crippen molar-refractivity contribution < 1.29 is 14.7 Å². The fourth-order valence-corrected chi connectivity index (χ4v) is 2.96. The molecule has 1 aromatic heterocycles. The Morgan fingerprint density at radius 2 is 2.41 bits per heavy atom. The van der Waals surface area contributed by atoms with Gasteiger partial charge in [0.1, 0.15) is 0 Å². The first-order chi connectivity index (χ1) is 8.13. The maximum Gasteiger partial charge on any atom is 0.341 e. The predicted octanol–water partition coefficient (Wildman–Crippen LogP) is 1.82. The smallest absolute Gasteiger partial charge is 0.341 e. The van der Waals surface area contributed by atoms with Crippen LogP contribution in [0.15, 0.2) is 11.4 Å². The van der Waals surface area contributed by atoms with E-state index in [2.05, 4.69) is 5.32 Å². The molecule has 0 spiro atoms. The summed E-state index contributed by atoms with van der Waals surface area (Å²) in [5.74, 6) is 0. The molecular weight excluding hydrogens is 240 g/mol. The van der Waals surface area contributed by atoms with E-state index in [1.807, 2.05) is 11.4 Å². The molecule has 1 aromatic rings. The number of aliphatic hydroxyl groups is 1. The number of thiophene rings is 1. The Labute approximate surface area is 104 Å². The number of rotatable bonds is 2. The molecule has 2 N–H and O–H groups in total. The number of amides is 2. The van der Waals surface area contributed by atoms with E-state index in [4.69, 9.17) is 4.84 Å². The minimum Gasteiger partial charge on any atom is -0.388 e. The molecule has 0 unspecified atom stereocenters. The molecule has 0 fully saturated rings. The number of hydroxylamine groups is 2. The standard InChI is InChI=1S/C11H16N2O3S/c1-13(16-2)11(15)12-8-3-4-9(14)10-7(8)5-6-17-10/h5-6,8-9,14H,3-4H2,1-2H3,(H,12,15)/t8-,9-/m1/s1. The van der Waals surface area contributed by atoms with Gasteiger partial charge < -0.3 is 10.4 Å². The zero-order valence-electron chi connectivity index (χ0n) is 9.84. The minimum atomic E-state index is -0.390. The molecule has 2 rings (SSSR count). The molecule has 0 saturated carbocycles. The van der Waals surface area contributed by atoms with Crippen LogP contribution in [0, 0.1) is 0 Å². The highest BCUT2D eigenvalue weighted by molar-refractivity contribution is 7.10.